The number of imidazole rings is 1. The van der Waals surface area contributed by atoms with Crippen LogP contribution in [0.25, 0.3) is 0 Å². The SMILES string of the molecule is C=CCOc1cccc(C[NH2+]CCCn2ccnc2)c1. The van der Waals surface area contributed by atoms with Crippen LogP contribution in [-0.2, 0) is 13.1 Å². The van der Waals surface area contributed by atoms with Gasteiger partial charge in [0, 0.05) is 30.9 Å². The van der Waals surface area contributed by atoms with E-state index in [1.807, 2.05) is 30.9 Å². The summed E-state index contributed by atoms with van der Waals surface area (Å²) >= 11 is 0. The first-order valence-corrected chi connectivity index (χ1v) is 6.98. The molecule has 1 aromatic heterocycles. The van der Waals surface area contributed by atoms with Crippen molar-refractivity contribution in [3.8, 4) is 5.75 Å². The van der Waals surface area contributed by atoms with Crippen LogP contribution in [0.5, 0.6) is 5.75 Å². The molecule has 0 saturated carbocycles. The van der Waals surface area contributed by atoms with E-state index >= 15 is 0 Å². The summed E-state index contributed by atoms with van der Waals surface area (Å²) in [6, 6.07) is 8.24. The van der Waals surface area contributed by atoms with Gasteiger partial charge in [-0.15, -0.1) is 0 Å². The van der Waals surface area contributed by atoms with Crippen molar-refractivity contribution in [3.05, 3.63) is 61.2 Å². The molecule has 0 fully saturated rings. The highest BCUT2D eigenvalue weighted by molar-refractivity contribution is 5.28. The van der Waals surface area contributed by atoms with Crippen LogP contribution in [0.4, 0.5) is 0 Å². The second-order valence-corrected chi connectivity index (χ2v) is 4.68. The fourth-order valence-corrected chi connectivity index (χ4v) is 2.02. The number of hydrogen-bond donors (Lipinski definition) is 1. The van der Waals surface area contributed by atoms with Gasteiger partial charge in [-0.25, -0.2) is 4.98 Å². The molecule has 1 heterocycles. The van der Waals surface area contributed by atoms with Crippen molar-refractivity contribution in [1.29, 1.82) is 0 Å². The summed E-state index contributed by atoms with van der Waals surface area (Å²) in [6.45, 7) is 7.32. The minimum atomic E-state index is 0.554. The molecule has 106 valence electrons. The lowest BCUT2D eigenvalue weighted by atomic mass is 10.2. The number of nitrogens with zero attached hydrogens (tertiary/aromatic N) is 2. The Bertz CT molecular complexity index is 508. The second-order valence-electron chi connectivity index (χ2n) is 4.68. The number of hydrogen-bond acceptors (Lipinski definition) is 2. The van der Waals surface area contributed by atoms with E-state index in [2.05, 4.69) is 33.6 Å². The molecule has 4 nitrogen and oxygen atoms in total. The van der Waals surface area contributed by atoms with E-state index in [9.17, 15) is 0 Å². The largest absolute Gasteiger partial charge is 0.490 e. The van der Waals surface area contributed by atoms with E-state index < -0.39 is 0 Å². The minimum absolute atomic E-state index is 0.554. The van der Waals surface area contributed by atoms with Gasteiger partial charge in [0.25, 0.3) is 0 Å². The molecule has 1 aromatic carbocycles. The lowest BCUT2D eigenvalue weighted by molar-refractivity contribution is -0.671. The zero-order valence-corrected chi connectivity index (χ0v) is 11.7. The molecule has 2 N–H and O–H groups in total. The number of rotatable bonds is 9. The Morgan fingerprint density at radius 2 is 2.35 bits per heavy atom. The molecule has 0 bridgehead atoms. The summed E-state index contributed by atoms with van der Waals surface area (Å²) in [5.74, 6) is 0.911. The number of nitrogens with two attached hydrogens (primary N) is 1. The van der Waals surface area contributed by atoms with Crippen LogP contribution in [0.3, 0.4) is 0 Å². The van der Waals surface area contributed by atoms with Crippen molar-refractivity contribution < 1.29 is 10.1 Å². The van der Waals surface area contributed by atoms with Crippen molar-refractivity contribution in [3.63, 3.8) is 0 Å². The van der Waals surface area contributed by atoms with Gasteiger partial charge < -0.3 is 14.6 Å². The van der Waals surface area contributed by atoms with E-state index in [4.69, 9.17) is 4.74 Å². The quantitative estimate of drug-likeness (QED) is 0.556. The van der Waals surface area contributed by atoms with Gasteiger partial charge in [-0.05, 0) is 12.1 Å². The molecule has 4 heteroatoms. The Hall–Kier alpha value is -2.07. The molecule has 0 radical (unpaired) electrons. The molecule has 20 heavy (non-hydrogen) atoms. The van der Waals surface area contributed by atoms with Crippen molar-refractivity contribution in [2.75, 3.05) is 13.2 Å². The van der Waals surface area contributed by atoms with Gasteiger partial charge in [0.2, 0.25) is 0 Å². The van der Waals surface area contributed by atoms with Crippen LogP contribution in [0.15, 0.2) is 55.6 Å². The van der Waals surface area contributed by atoms with Crippen LogP contribution >= 0.6 is 0 Å². The van der Waals surface area contributed by atoms with E-state index in [0.717, 1.165) is 31.8 Å². The maximum absolute atomic E-state index is 5.53. The summed E-state index contributed by atoms with van der Waals surface area (Å²) in [6.07, 6.45) is 8.58. The molecule has 0 saturated heterocycles. The average Bonchev–Trinajstić information content (AvgIpc) is 2.98. The van der Waals surface area contributed by atoms with E-state index in [1.165, 1.54) is 5.56 Å². The molecule has 0 aliphatic heterocycles. The van der Waals surface area contributed by atoms with Crippen LogP contribution in [0.1, 0.15) is 12.0 Å². The number of quaternary nitrogens is 1. The van der Waals surface area contributed by atoms with Gasteiger partial charge >= 0.3 is 0 Å². The molecule has 0 unspecified atom stereocenters. The molecule has 0 aliphatic rings. The summed E-state index contributed by atoms with van der Waals surface area (Å²) in [4.78, 5) is 4.03. The van der Waals surface area contributed by atoms with E-state index in [-0.39, 0.29) is 0 Å². The number of benzene rings is 1. The van der Waals surface area contributed by atoms with Crippen molar-refractivity contribution in [1.82, 2.24) is 9.55 Å². The predicted molar refractivity (Wildman–Crippen MR) is 79.5 cm³/mol. The maximum atomic E-state index is 5.53. The standard InChI is InChI=1S/C16H21N3O/c1-2-11-20-16-6-3-5-15(12-16)13-17-7-4-9-19-10-8-18-14-19/h2-3,5-6,8,10,12,14,17H,1,4,7,9,11,13H2/p+1. The fourth-order valence-electron chi connectivity index (χ4n) is 2.02. The van der Waals surface area contributed by atoms with E-state index in [1.54, 1.807) is 6.08 Å². The highest BCUT2D eigenvalue weighted by atomic mass is 16.5. The smallest absolute Gasteiger partial charge is 0.120 e. The van der Waals surface area contributed by atoms with Gasteiger partial charge in [0.05, 0.1) is 12.9 Å². The number of ether oxygens (including phenoxy) is 1. The highest BCUT2D eigenvalue weighted by Crippen LogP contribution is 2.12. The normalized spacial score (nSPS) is 10.4. The molecular formula is C16H22N3O+. The van der Waals surface area contributed by atoms with Gasteiger partial charge in [-0.3, -0.25) is 0 Å². The third kappa shape index (κ3) is 4.90. The van der Waals surface area contributed by atoms with Crippen LogP contribution in [-0.4, -0.2) is 22.7 Å². The van der Waals surface area contributed by atoms with Gasteiger partial charge in [-0.2, -0.15) is 0 Å². The minimum Gasteiger partial charge on any atom is -0.490 e. The Kier molecular flexibility index (Phi) is 5.86. The average molecular weight is 272 g/mol. The topological polar surface area (TPSA) is 43.7 Å². The Labute approximate surface area is 120 Å². The van der Waals surface area contributed by atoms with Gasteiger partial charge in [0.1, 0.15) is 18.9 Å². The van der Waals surface area contributed by atoms with Crippen LogP contribution in [0.2, 0.25) is 0 Å². The fraction of sp³-hybridized carbons (Fsp3) is 0.312. The highest BCUT2D eigenvalue weighted by Gasteiger charge is 1.99. The maximum Gasteiger partial charge on any atom is 0.120 e. The first-order valence-electron chi connectivity index (χ1n) is 6.98. The number of aromatic nitrogens is 2. The Balaban J connectivity index is 1.67. The van der Waals surface area contributed by atoms with Crippen molar-refractivity contribution >= 4 is 0 Å². The predicted octanol–water partition coefficient (Wildman–Crippen LogP) is 1.60. The third-order valence-corrected chi connectivity index (χ3v) is 3.03. The lowest BCUT2D eigenvalue weighted by Crippen LogP contribution is -2.82. The monoisotopic (exact) mass is 272 g/mol. The summed E-state index contributed by atoms with van der Waals surface area (Å²) in [5, 5.41) is 2.32. The molecular weight excluding hydrogens is 250 g/mol. The van der Waals surface area contributed by atoms with Crippen LogP contribution in [0, 0.1) is 0 Å². The van der Waals surface area contributed by atoms with Gasteiger partial charge in [0.15, 0.2) is 0 Å². The molecule has 0 aliphatic carbocycles. The first kappa shape index (κ1) is 14.3. The third-order valence-electron chi connectivity index (χ3n) is 3.03. The zero-order valence-electron chi connectivity index (χ0n) is 11.7. The summed E-state index contributed by atoms with van der Waals surface area (Å²) < 4.78 is 7.64. The van der Waals surface area contributed by atoms with E-state index in [0.29, 0.717) is 6.61 Å². The molecule has 0 atom stereocenters. The Morgan fingerprint density at radius 3 is 3.15 bits per heavy atom. The first-order chi connectivity index (χ1) is 9.88. The molecule has 2 aromatic rings. The second kappa shape index (κ2) is 8.17. The van der Waals surface area contributed by atoms with Crippen LogP contribution < -0.4 is 10.1 Å². The lowest BCUT2D eigenvalue weighted by Gasteiger charge is -2.06. The Morgan fingerprint density at radius 1 is 1.40 bits per heavy atom. The van der Waals surface area contributed by atoms with Crippen molar-refractivity contribution in [2.45, 2.75) is 19.5 Å². The van der Waals surface area contributed by atoms with Crippen molar-refractivity contribution in [2.24, 2.45) is 0 Å². The molecule has 0 amide bonds. The molecule has 2 rings (SSSR count). The summed E-state index contributed by atoms with van der Waals surface area (Å²) in [7, 11) is 0. The van der Waals surface area contributed by atoms with Gasteiger partial charge in [-0.1, -0.05) is 24.8 Å². The molecule has 0 spiro atoms. The summed E-state index contributed by atoms with van der Waals surface area (Å²) in [5.41, 5.74) is 1.29. The number of aryl methyl sites for hydroxylation is 1. The zero-order chi connectivity index (χ0) is 14.0.